The van der Waals surface area contributed by atoms with Crippen molar-refractivity contribution >= 4 is 22.6 Å². The van der Waals surface area contributed by atoms with Crippen LogP contribution in [0.3, 0.4) is 0 Å². The molecule has 0 aliphatic heterocycles. The Kier molecular flexibility index (Phi) is 4.99. The number of rotatable bonds is 2. The zero-order chi connectivity index (χ0) is 19.9. The molecule has 1 unspecified atom stereocenters. The summed E-state index contributed by atoms with van der Waals surface area (Å²) in [5.74, 6) is 0.684. The molecule has 0 N–H and O–H groups in total. The van der Waals surface area contributed by atoms with Gasteiger partial charge < -0.3 is 4.57 Å². The van der Waals surface area contributed by atoms with E-state index in [1.165, 1.54) is 19.2 Å². The van der Waals surface area contributed by atoms with Gasteiger partial charge in [0.1, 0.15) is 11.5 Å². The van der Waals surface area contributed by atoms with Crippen LogP contribution in [0.1, 0.15) is 35.5 Å². The summed E-state index contributed by atoms with van der Waals surface area (Å²) in [5, 5.41) is 1.08. The van der Waals surface area contributed by atoms with Crippen molar-refractivity contribution < 1.29 is 13.2 Å². The lowest BCUT2D eigenvalue weighted by Crippen LogP contribution is -2.18. The Hall–Kier alpha value is -2.41. The van der Waals surface area contributed by atoms with E-state index in [0.717, 1.165) is 6.07 Å². The molecule has 2 aromatic heterocycles. The van der Waals surface area contributed by atoms with Gasteiger partial charge in [-0.1, -0.05) is 23.7 Å². The van der Waals surface area contributed by atoms with E-state index in [0.29, 0.717) is 32.9 Å². The maximum Gasteiger partial charge on any atom is 0.416 e. The van der Waals surface area contributed by atoms with Crippen LogP contribution in [-0.2, 0) is 13.2 Å². The third-order valence-electron chi connectivity index (χ3n) is 4.59. The molecular formula is C19H18ClF3N4. The molecule has 1 aromatic carbocycles. The molecule has 27 heavy (non-hydrogen) atoms. The summed E-state index contributed by atoms with van der Waals surface area (Å²) < 4.78 is 41.4. The zero-order valence-electron chi connectivity index (χ0n) is 15.3. The fraction of sp³-hybridized carbons (Fsp3) is 0.316. The molecule has 1 atom stereocenters. The highest BCUT2D eigenvalue weighted by Gasteiger charge is 2.33. The second-order valence-corrected chi connectivity index (χ2v) is 6.83. The van der Waals surface area contributed by atoms with Crippen molar-refractivity contribution in [3.8, 4) is 0 Å². The molecule has 2 heterocycles. The summed E-state index contributed by atoms with van der Waals surface area (Å²) in [7, 11) is 1.83. The van der Waals surface area contributed by atoms with E-state index < -0.39 is 17.8 Å². The fourth-order valence-electron chi connectivity index (χ4n) is 3.07. The standard InChI is InChI=1S/C19H18ClF3N4/c1-10-14(6-5-7-16(10)19(21,22)23)11(2)25-17-15-8-13(20)9-24-18(15)27(4)12(3)26-17/h5-9,11H,1-4H3. The predicted octanol–water partition coefficient (Wildman–Crippen LogP) is 4.92. The van der Waals surface area contributed by atoms with Crippen LogP contribution >= 0.6 is 11.6 Å². The summed E-state index contributed by atoms with van der Waals surface area (Å²) in [4.78, 5) is 13.4. The Labute approximate surface area is 159 Å². The van der Waals surface area contributed by atoms with Crippen molar-refractivity contribution in [2.75, 3.05) is 0 Å². The van der Waals surface area contributed by atoms with Gasteiger partial charge in [-0.05, 0) is 44.0 Å². The Morgan fingerprint density at radius 1 is 1.22 bits per heavy atom. The van der Waals surface area contributed by atoms with Crippen LogP contribution in [0.5, 0.6) is 0 Å². The fourth-order valence-corrected chi connectivity index (χ4v) is 3.23. The van der Waals surface area contributed by atoms with E-state index >= 15 is 0 Å². The lowest BCUT2D eigenvalue weighted by molar-refractivity contribution is -0.138. The number of nitrogens with zero attached hydrogens (tertiary/aromatic N) is 4. The first-order valence-corrected chi connectivity index (χ1v) is 8.67. The van der Waals surface area contributed by atoms with Gasteiger partial charge in [-0.15, -0.1) is 0 Å². The number of aromatic nitrogens is 3. The maximum atomic E-state index is 13.2. The molecule has 0 saturated carbocycles. The number of hydrogen-bond donors (Lipinski definition) is 0. The van der Waals surface area contributed by atoms with E-state index in [1.807, 2.05) is 18.5 Å². The van der Waals surface area contributed by atoms with Crippen molar-refractivity contribution in [3.63, 3.8) is 0 Å². The van der Waals surface area contributed by atoms with Crippen LogP contribution in [0.25, 0.3) is 11.0 Å². The van der Waals surface area contributed by atoms with Gasteiger partial charge >= 0.3 is 6.18 Å². The molecule has 3 aromatic rings. The third-order valence-corrected chi connectivity index (χ3v) is 4.80. The van der Waals surface area contributed by atoms with Gasteiger partial charge in [-0.25, -0.2) is 9.97 Å². The summed E-state index contributed by atoms with van der Waals surface area (Å²) in [6, 6.07) is 5.32. The number of alkyl halides is 3. The van der Waals surface area contributed by atoms with Crippen LogP contribution in [0.15, 0.2) is 35.5 Å². The minimum Gasteiger partial charge on any atom is -0.317 e. The summed E-state index contributed by atoms with van der Waals surface area (Å²) in [6.07, 6.45) is -2.87. The van der Waals surface area contributed by atoms with E-state index in [-0.39, 0.29) is 5.56 Å². The topological polar surface area (TPSA) is 43.1 Å². The lowest BCUT2D eigenvalue weighted by Gasteiger charge is -2.16. The minimum absolute atomic E-state index is 0.167. The van der Waals surface area contributed by atoms with Gasteiger partial charge in [0.25, 0.3) is 0 Å². The van der Waals surface area contributed by atoms with Gasteiger partial charge in [0.15, 0.2) is 5.49 Å². The Bertz CT molecular complexity index is 1090. The van der Waals surface area contributed by atoms with Crippen LogP contribution in [0.4, 0.5) is 13.2 Å². The zero-order valence-corrected chi connectivity index (χ0v) is 16.0. The average Bonchev–Trinajstić information content (AvgIpc) is 2.58. The van der Waals surface area contributed by atoms with Crippen molar-refractivity contribution in [2.45, 2.75) is 33.0 Å². The monoisotopic (exact) mass is 394 g/mol. The highest BCUT2D eigenvalue weighted by atomic mass is 35.5. The molecule has 0 saturated heterocycles. The molecule has 0 aliphatic rings. The molecular weight excluding hydrogens is 377 g/mol. The summed E-state index contributed by atoms with van der Waals surface area (Å²) in [5.41, 5.74) is 1.07. The average molecular weight is 395 g/mol. The Balaban J connectivity index is 2.21. The lowest BCUT2D eigenvalue weighted by atomic mass is 9.97. The van der Waals surface area contributed by atoms with Crippen molar-refractivity contribution in [2.24, 2.45) is 12.0 Å². The molecule has 0 spiro atoms. The minimum atomic E-state index is -4.40. The molecule has 0 aliphatic carbocycles. The number of hydrogen-bond acceptors (Lipinski definition) is 3. The van der Waals surface area contributed by atoms with Gasteiger partial charge in [0, 0.05) is 13.2 Å². The molecule has 3 rings (SSSR count). The normalized spacial score (nSPS) is 14.0. The van der Waals surface area contributed by atoms with Crippen LogP contribution in [0, 0.1) is 13.8 Å². The smallest absolute Gasteiger partial charge is 0.317 e. The number of aryl methyl sites for hydroxylation is 2. The molecule has 0 bridgehead atoms. The van der Waals surface area contributed by atoms with Crippen LogP contribution < -0.4 is 5.49 Å². The molecule has 142 valence electrons. The van der Waals surface area contributed by atoms with Gasteiger partial charge in [-0.2, -0.15) is 13.2 Å². The molecule has 8 heteroatoms. The highest BCUT2D eigenvalue weighted by molar-refractivity contribution is 6.31. The molecule has 0 fully saturated rings. The Morgan fingerprint density at radius 2 is 1.93 bits per heavy atom. The van der Waals surface area contributed by atoms with E-state index in [9.17, 15) is 13.2 Å². The molecule has 0 radical (unpaired) electrons. The summed E-state index contributed by atoms with van der Waals surface area (Å²) >= 11 is 6.07. The number of pyridine rings is 1. The van der Waals surface area contributed by atoms with Gasteiger partial charge in [0.2, 0.25) is 0 Å². The first-order valence-electron chi connectivity index (χ1n) is 8.29. The van der Waals surface area contributed by atoms with Crippen molar-refractivity contribution in [3.05, 3.63) is 63.5 Å². The highest BCUT2D eigenvalue weighted by Crippen LogP contribution is 2.35. The van der Waals surface area contributed by atoms with E-state index in [4.69, 9.17) is 11.6 Å². The second-order valence-electron chi connectivity index (χ2n) is 6.39. The number of benzene rings is 1. The largest absolute Gasteiger partial charge is 0.416 e. The second kappa shape index (κ2) is 6.96. The van der Waals surface area contributed by atoms with Crippen molar-refractivity contribution in [1.82, 2.24) is 14.5 Å². The van der Waals surface area contributed by atoms with E-state index in [2.05, 4.69) is 15.0 Å². The number of fused-ring (bicyclic) bond motifs is 1. The summed E-state index contributed by atoms with van der Waals surface area (Å²) in [6.45, 7) is 5.02. The molecule has 4 nitrogen and oxygen atoms in total. The quantitative estimate of drug-likeness (QED) is 0.619. The van der Waals surface area contributed by atoms with Crippen molar-refractivity contribution in [1.29, 1.82) is 0 Å². The van der Waals surface area contributed by atoms with E-state index in [1.54, 1.807) is 19.1 Å². The van der Waals surface area contributed by atoms with Gasteiger partial charge in [-0.3, -0.25) is 4.99 Å². The van der Waals surface area contributed by atoms with Crippen LogP contribution in [-0.4, -0.2) is 14.5 Å². The maximum absolute atomic E-state index is 13.2. The molecule has 0 amide bonds. The Morgan fingerprint density at radius 3 is 2.59 bits per heavy atom. The third kappa shape index (κ3) is 3.69. The first-order chi connectivity index (χ1) is 12.6. The number of halogens is 4. The van der Waals surface area contributed by atoms with Crippen LogP contribution in [0.2, 0.25) is 5.02 Å². The first kappa shape index (κ1) is 19.4. The SMILES string of the molecule is Cc1c(C(C)N=c2nc(C)n(C)c3ncc(Cl)cc23)cccc1C(F)(F)F. The van der Waals surface area contributed by atoms with Gasteiger partial charge in [0.05, 0.1) is 22.0 Å². The predicted molar refractivity (Wildman–Crippen MR) is 98.4 cm³/mol.